The molecule has 1 aromatic rings. The van der Waals surface area contributed by atoms with E-state index in [4.69, 9.17) is 4.74 Å². The fourth-order valence-corrected chi connectivity index (χ4v) is 1.79. The monoisotopic (exact) mass is 240 g/mol. The molecule has 0 aromatic heterocycles. The van der Waals surface area contributed by atoms with Crippen molar-refractivity contribution in [2.45, 2.75) is 20.0 Å². The number of ether oxygens (including phenoxy) is 1. The minimum atomic E-state index is 0.0398. The Labute approximate surface area is 107 Å². The SMILES string of the molecule is CC(=O)C1=CCC=CC=C1OCc1ccccc1. The number of Topliss-reactive ketones (excluding diaryl/α,β-unsaturated/α-hetero) is 1. The van der Waals surface area contributed by atoms with E-state index >= 15 is 0 Å². The largest absolute Gasteiger partial charge is 0.488 e. The van der Waals surface area contributed by atoms with E-state index in [0.29, 0.717) is 17.9 Å². The lowest BCUT2D eigenvalue weighted by Crippen LogP contribution is -2.04. The highest BCUT2D eigenvalue weighted by Gasteiger charge is 2.12. The molecule has 0 heterocycles. The molecule has 0 saturated heterocycles. The van der Waals surface area contributed by atoms with Gasteiger partial charge in [0.15, 0.2) is 5.78 Å². The molecule has 92 valence electrons. The number of carbonyl (C=O) groups excluding carboxylic acids is 1. The highest BCUT2D eigenvalue weighted by Crippen LogP contribution is 2.18. The van der Waals surface area contributed by atoms with Crippen molar-refractivity contribution in [3.63, 3.8) is 0 Å². The summed E-state index contributed by atoms with van der Waals surface area (Å²) in [6.45, 7) is 2.04. The number of hydrogen-bond donors (Lipinski definition) is 0. The Balaban J connectivity index is 2.09. The van der Waals surface area contributed by atoms with Crippen molar-refractivity contribution in [3.8, 4) is 0 Å². The van der Waals surface area contributed by atoms with Gasteiger partial charge in [0.05, 0.1) is 5.57 Å². The minimum absolute atomic E-state index is 0.0398. The van der Waals surface area contributed by atoms with Gasteiger partial charge in [0, 0.05) is 0 Å². The Kier molecular flexibility index (Phi) is 4.13. The predicted octanol–water partition coefficient (Wildman–Crippen LogP) is 3.56. The molecule has 0 atom stereocenters. The Morgan fingerprint density at radius 3 is 2.78 bits per heavy atom. The Bertz CT molecular complexity index is 507. The Morgan fingerprint density at radius 2 is 2.06 bits per heavy atom. The third-order valence-electron chi connectivity index (χ3n) is 2.72. The molecule has 0 spiro atoms. The van der Waals surface area contributed by atoms with E-state index in [1.54, 1.807) is 6.92 Å². The summed E-state index contributed by atoms with van der Waals surface area (Å²) in [5, 5.41) is 0. The number of benzene rings is 1. The summed E-state index contributed by atoms with van der Waals surface area (Å²) in [7, 11) is 0. The van der Waals surface area contributed by atoms with Crippen molar-refractivity contribution in [3.05, 3.63) is 71.5 Å². The van der Waals surface area contributed by atoms with Crippen LogP contribution in [0.25, 0.3) is 0 Å². The van der Waals surface area contributed by atoms with E-state index in [2.05, 4.69) is 0 Å². The van der Waals surface area contributed by atoms with Crippen LogP contribution in [-0.4, -0.2) is 5.78 Å². The second kappa shape index (κ2) is 6.01. The number of allylic oxidation sites excluding steroid dienone is 5. The van der Waals surface area contributed by atoms with Crippen LogP contribution in [0.5, 0.6) is 0 Å². The molecule has 0 radical (unpaired) electrons. The smallest absolute Gasteiger partial charge is 0.163 e. The van der Waals surface area contributed by atoms with Gasteiger partial charge in [-0.25, -0.2) is 0 Å². The molecule has 1 aliphatic rings. The minimum Gasteiger partial charge on any atom is -0.488 e. The van der Waals surface area contributed by atoms with Gasteiger partial charge in [0.2, 0.25) is 0 Å². The summed E-state index contributed by atoms with van der Waals surface area (Å²) >= 11 is 0. The molecule has 2 nitrogen and oxygen atoms in total. The van der Waals surface area contributed by atoms with Crippen LogP contribution < -0.4 is 0 Å². The third-order valence-corrected chi connectivity index (χ3v) is 2.72. The molecule has 1 aromatic carbocycles. The van der Waals surface area contributed by atoms with Crippen LogP contribution in [0.3, 0.4) is 0 Å². The lowest BCUT2D eigenvalue weighted by Gasteiger charge is -2.11. The van der Waals surface area contributed by atoms with Crippen molar-refractivity contribution in [2.75, 3.05) is 0 Å². The zero-order chi connectivity index (χ0) is 12.8. The number of carbonyl (C=O) groups is 1. The molecule has 0 N–H and O–H groups in total. The lowest BCUT2D eigenvalue weighted by atomic mass is 10.1. The van der Waals surface area contributed by atoms with Gasteiger partial charge in [-0.15, -0.1) is 0 Å². The maximum absolute atomic E-state index is 11.6. The summed E-state index contributed by atoms with van der Waals surface area (Å²) in [4.78, 5) is 11.6. The van der Waals surface area contributed by atoms with Gasteiger partial charge >= 0.3 is 0 Å². The molecule has 18 heavy (non-hydrogen) atoms. The zero-order valence-corrected chi connectivity index (χ0v) is 10.4. The molecular weight excluding hydrogens is 224 g/mol. The summed E-state index contributed by atoms with van der Waals surface area (Å²) in [5.74, 6) is 0.693. The van der Waals surface area contributed by atoms with Crippen LogP contribution in [0.1, 0.15) is 18.9 Å². The van der Waals surface area contributed by atoms with Gasteiger partial charge in [-0.3, -0.25) is 4.79 Å². The summed E-state index contributed by atoms with van der Waals surface area (Å²) in [5.41, 5.74) is 1.76. The van der Waals surface area contributed by atoms with Crippen LogP contribution in [-0.2, 0) is 16.1 Å². The van der Waals surface area contributed by atoms with Crippen molar-refractivity contribution in [1.82, 2.24) is 0 Å². The van der Waals surface area contributed by atoms with Crippen LogP contribution in [0.4, 0.5) is 0 Å². The number of ketones is 1. The van der Waals surface area contributed by atoms with Gasteiger partial charge in [-0.05, 0) is 25.0 Å². The highest BCUT2D eigenvalue weighted by molar-refractivity contribution is 5.97. The van der Waals surface area contributed by atoms with Gasteiger partial charge in [-0.1, -0.05) is 48.6 Å². The molecule has 0 bridgehead atoms. The summed E-state index contributed by atoms with van der Waals surface area (Å²) in [6.07, 6.45) is 8.45. The number of hydrogen-bond acceptors (Lipinski definition) is 2. The highest BCUT2D eigenvalue weighted by atomic mass is 16.5. The van der Waals surface area contributed by atoms with E-state index in [1.807, 2.05) is 54.6 Å². The lowest BCUT2D eigenvalue weighted by molar-refractivity contribution is -0.113. The van der Waals surface area contributed by atoms with E-state index in [1.165, 1.54) is 0 Å². The first-order valence-electron chi connectivity index (χ1n) is 6.02. The van der Waals surface area contributed by atoms with Gasteiger partial charge in [0.1, 0.15) is 12.4 Å². The summed E-state index contributed by atoms with van der Waals surface area (Å²) < 4.78 is 5.74. The molecule has 0 amide bonds. The first-order valence-corrected chi connectivity index (χ1v) is 6.02. The molecule has 0 unspecified atom stereocenters. The standard InChI is InChI=1S/C16H16O2/c1-13(17)15-10-6-3-7-11-16(15)18-12-14-8-4-2-5-9-14/h2-5,7-11H,6,12H2,1H3. The van der Waals surface area contributed by atoms with E-state index in [0.717, 1.165) is 12.0 Å². The van der Waals surface area contributed by atoms with E-state index < -0.39 is 0 Å². The van der Waals surface area contributed by atoms with Crippen molar-refractivity contribution in [1.29, 1.82) is 0 Å². The zero-order valence-electron chi connectivity index (χ0n) is 10.4. The van der Waals surface area contributed by atoms with E-state index in [9.17, 15) is 4.79 Å². The predicted molar refractivity (Wildman–Crippen MR) is 71.8 cm³/mol. The first-order chi connectivity index (χ1) is 8.77. The first kappa shape index (κ1) is 12.4. The third kappa shape index (κ3) is 3.20. The average Bonchev–Trinajstić information content (AvgIpc) is 2.63. The van der Waals surface area contributed by atoms with Crippen LogP contribution in [0.15, 0.2) is 66.0 Å². The van der Waals surface area contributed by atoms with Crippen LogP contribution in [0, 0.1) is 0 Å². The Morgan fingerprint density at radius 1 is 1.28 bits per heavy atom. The van der Waals surface area contributed by atoms with Gasteiger partial charge in [-0.2, -0.15) is 0 Å². The van der Waals surface area contributed by atoms with Gasteiger partial charge < -0.3 is 4.74 Å². The fraction of sp³-hybridized carbons (Fsp3) is 0.188. The average molecular weight is 240 g/mol. The normalized spacial score (nSPS) is 14.5. The van der Waals surface area contributed by atoms with Crippen LogP contribution in [0.2, 0.25) is 0 Å². The van der Waals surface area contributed by atoms with Crippen molar-refractivity contribution >= 4 is 5.78 Å². The van der Waals surface area contributed by atoms with Crippen molar-refractivity contribution < 1.29 is 9.53 Å². The molecule has 0 aliphatic heterocycles. The molecule has 2 rings (SSSR count). The van der Waals surface area contributed by atoms with Gasteiger partial charge in [0.25, 0.3) is 0 Å². The molecule has 1 aliphatic carbocycles. The quantitative estimate of drug-likeness (QED) is 0.804. The topological polar surface area (TPSA) is 26.3 Å². The van der Waals surface area contributed by atoms with Crippen LogP contribution >= 0.6 is 0 Å². The molecular formula is C16H16O2. The molecule has 0 fully saturated rings. The van der Waals surface area contributed by atoms with Crippen molar-refractivity contribution in [2.24, 2.45) is 0 Å². The molecule has 0 saturated carbocycles. The summed E-state index contributed by atoms with van der Waals surface area (Å²) in [6, 6.07) is 9.93. The molecule has 2 heteroatoms. The maximum Gasteiger partial charge on any atom is 0.163 e. The maximum atomic E-state index is 11.6. The number of rotatable bonds is 4. The Hall–Kier alpha value is -2.09. The second-order valence-electron chi connectivity index (χ2n) is 4.14. The fourth-order valence-electron chi connectivity index (χ4n) is 1.79. The van der Waals surface area contributed by atoms with E-state index in [-0.39, 0.29) is 5.78 Å². The second-order valence-corrected chi connectivity index (χ2v) is 4.14.